The van der Waals surface area contributed by atoms with E-state index >= 15 is 0 Å². The van der Waals surface area contributed by atoms with Crippen LogP contribution in [0.25, 0.3) is 0 Å². The highest BCUT2D eigenvalue weighted by atomic mass is 16.1. The Morgan fingerprint density at radius 2 is 2.11 bits per heavy atom. The number of ketones is 1. The first-order valence-electron chi connectivity index (χ1n) is 2.39. The van der Waals surface area contributed by atoms with Gasteiger partial charge in [0.25, 0.3) is 0 Å². The molecular formula is C5H6N3O. The highest BCUT2D eigenvalue weighted by Crippen LogP contribution is 2.01. The second-order valence-corrected chi connectivity index (χ2v) is 1.61. The molecule has 0 unspecified atom stereocenters. The summed E-state index contributed by atoms with van der Waals surface area (Å²) in [6, 6.07) is 0. The minimum absolute atomic E-state index is 0.0255. The number of carbonyl (C=O) groups excluding carboxylic acids is 1. The number of aliphatic imine (C=N–C) groups is 1. The molecule has 0 aromatic carbocycles. The summed E-state index contributed by atoms with van der Waals surface area (Å²) >= 11 is 0. The Hall–Kier alpha value is -1.32. The maximum atomic E-state index is 10.6. The van der Waals surface area contributed by atoms with E-state index in [2.05, 4.69) is 4.99 Å². The predicted molar refractivity (Wildman–Crippen MR) is 33.2 cm³/mol. The van der Waals surface area contributed by atoms with Gasteiger partial charge in [-0.25, -0.2) is 4.99 Å². The highest BCUT2D eigenvalue weighted by Gasteiger charge is 2.11. The van der Waals surface area contributed by atoms with Crippen molar-refractivity contribution in [2.75, 3.05) is 0 Å². The van der Waals surface area contributed by atoms with Crippen LogP contribution < -0.4 is 11.5 Å². The number of carbonyl (C=O) groups is 1. The minimum atomic E-state index is -0.275. The van der Waals surface area contributed by atoms with Crippen molar-refractivity contribution in [2.45, 2.75) is 0 Å². The van der Waals surface area contributed by atoms with Gasteiger partial charge in [0.15, 0.2) is 5.78 Å². The summed E-state index contributed by atoms with van der Waals surface area (Å²) in [4.78, 5) is 14.2. The third kappa shape index (κ3) is 0.910. The van der Waals surface area contributed by atoms with E-state index in [1.807, 2.05) is 0 Å². The molecule has 1 radical (unpaired) electrons. The fourth-order valence-corrected chi connectivity index (χ4v) is 0.471. The van der Waals surface area contributed by atoms with E-state index in [1.54, 1.807) is 0 Å². The summed E-state index contributed by atoms with van der Waals surface area (Å²) in [6.07, 6.45) is 2.60. The molecule has 0 spiro atoms. The fourth-order valence-electron chi connectivity index (χ4n) is 0.471. The van der Waals surface area contributed by atoms with E-state index in [1.165, 1.54) is 12.6 Å². The monoisotopic (exact) mass is 124 g/mol. The SMILES string of the molecule is NC1=C(N)C(=O)[CH]C=N1. The third-order valence-electron chi connectivity index (χ3n) is 0.981. The average molecular weight is 124 g/mol. The van der Waals surface area contributed by atoms with Crippen LogP contribution >= 0.6 is 0 Å². The van der Waals surface area contributed by atoms with Crippen LogP contribution in [0.3, 0.4) is 0 Å². The van der Waals surface area contributed by atoms with E-state index in [0.29, 0.717) is 0 Å². The largest absolute Gasteiger partial charge is 0.393 e. The molecule has 1 heterocycles. The normalized spacial score (nSPS) is 18.9. The van der Waals surface area contributed by atoms with Gasteiger partial charge in [-0.15, -0.1) is 0 Å². The molecule has 0 bridgehead atoms. The molecule has 0 amide bonds. The summed E-state index contributed by atoms with van der Waals surface area (Å²) in [5, 5.41) is 0. The molecule has 4 N–H and O–H groups in total. The number of nitrogens with two attached hydrogens (primary N) is 2. The van der Waals surface area contributed by atoms with Gasteiger partial charge in [-0.05, 0) is 0 Å². The molecule has 0 fully saturated rings. The van der Waals surface area contributed by atoms with Crippen molar-refractivity contribution in [2.24, 2.45) is 16.5 Å². The van der Waals surface area contributed by atoms with Crippen LogP contribution in [0.4, 0.5) is 0 Å². The lowest BCUT2D eigenvalue weighted by Crippen LogP contribution is -2.21. The van der Waals surface area contributed by atoms with Gasteiger partial charge < -0.3 is 11.5 Å². The van der Waals surface area contributed by atoms with Crippen LogP contribution in [0.1, 0.15) is 0 Å². The summed E-state index contributed by atoms with van der Waals surface area (Å²) in [6.45, 7) is 0. The molecular weight excluding hydrogens is 118 g/mol. The first kappa shape index (κ1) is 5.81. The molecule has 0 aromatic rings. The molecule has 0 saturated carbocycles. The maximum absolute atomic E-state index is 10.6. The second-order valence-electron chi connectivity index (χ2n) is 1.61. The Bertz CT molecular complexity index is 204. The van der Waals surface area contributed by atoms with Gasteiger partial charge in [0.05, 0.1) is 6.42 Å². The fraction of sp³-hybridized carbons (Fsp3) is 0. The molecule has 1 rings (SSSR count). The number of nitrogens with zero attached hydrogens (tertiary/aromatic N) is 1. The van der Waals surface area contributed by atoms with E-state index in [-0.39, 0.29) is 17.3 Å². The Morgan fingerprint density at radius 1 is 1.44 bits per heavy atom. The molecule has 1 aliphatic rings. The molecule has 1 aliphatic heterocycles. The molecule has 0 atom stereocenters. The van der Waals surface area contributed by atoms with Gasteiger partial charge >= 0.3 is 0 Å². The van der Waals surface area contributed by atoms with Crippen LogP contribution in [0.15, 0.2) is 16.5 Å². The lowest BCUT2D eigenvalue weighted by molar-refractivity contribution is -0.112. The van der Waals surface area contributed by atoms with Gasteiger partial charge in [-0.2, -0.15) is 0 Å². The highest BCUT2D eigenvalue weighted by molar-refractivity contribution is 6.14. The molecule has 9 heavy (non-hydrogen) atoms. The van der Waals surface area contributed by atoms with Crippen molar-refractivity contribution >= 4 is 12.0 Å². The van der Waals surface area contributed by atoms with E-state index in [0.717, 1.165) is 0 Å². The van der Waals surface area contributed by atoms with Gasteiger partial charge in [0.2, 0.25) is 0 Å². The zero-order valence-electron chi connectivity index (χ0n) is 4.66. The van der Waals surface area contributed by atoms with Gasteiger partial charge in [0, 0.05) is 6.21 Å². The van der Waals surface area contributed by atoms with Crippen molar-refractivity contribution in [1.29, 1.82) is 0 Å². The Morgan fingerprint density at radius 3 is 2.56 bits per heavy atom. The molecule has 47 valence electrons. The summed E-state index contributed by atoms with van der Waals surface area (Å²) in [5.74, 6) is -0.176. The Labute approximate surface area is 52.2 Å². The van der Waals surface area contributed by atoms with Crippen LogP contribution in [-0.4, -0.2) is 12.0 Å². The predicted octanol–water partition coefficient (Wildman–Crippen LogP) is -1.07. The van der Waals surface area contributed by atoms with Crippen molar-refractivity contribution in [1.82, 2.24) is 0 Å². The lowest BCUT2D eigenvalue weighted by Gasteiger charge is -2.03. The topological polar surface area (TPSA) is 81.5 Å². The summed E-state index contributed by atoms with van der Waals surface area (Å²) in [5.41, 5.74) is 10.4. The lowest BCUT2D eigenvalue weighted by atomic mass is 10.2. The maximum Gasteiger partial charge on any atom is 0.191 e. The number of hydrogen-bond donors (Lipinski definition) is 2. The third-order valence-corrected chi connectivity index (χ3v) is 0.981. The number of Topliss-reactive ketones (excluding diaryl/α,β-unsaturated/α-hetero) is 1. The smallest absolute Gasteiger partial charge is 0.191 e. The molecule has 0 aromatic heterocycles. The zero-order valence-corrected chi connectivity index (χ0v) is 4.66. The Balaban J connectivity index is 2.97. The van der Waals surface area contributed by atoms with Crippen molar-refractivity contribution in [3.63, 3.8) is 0 Å². The number of rotatable bonds is 0. The quantitative estimate of drug-likeness (QED) is 0.431. The van der Waals surface area contributed by atoms with Crippen LogP contribution in [0, 0.1) is 6.42 Å². The van der Waals surface area contributed by atoms with Gasteiger partial charge in [-0.1, -0.05) is 0 Å². The molecule has 4 heteroatoms. The van der Waals surface area contributed by atoms with E-state index in [9.17, 15) is 4.79 Å². The van der Waals surface area contributed by atoms with Crippen molar-refractivity contribution < 1.29 is 4.79 Å². The Kier molecular flexibility index (Phi) is 1.22. The van der Waals surface area contributed by atoms with Crippen LogP contribution in [0.2, 0.25) is 0 Å². The molecule has 0 saturated heterocycles. The minimum Gasteiger partial charge on any atom is -0.393 e. The second kappa shape index (κ2) is 1.89. The first-order chi connectivity index (χ1) is 4.22. The van der Waals surface area contributed by atoms with Gasteiger partial charge in [0.1, 0.15) is 11.5 Å². The van der Waals surface area contributed by atoms with Gasteiger partial charge in [-0.3, -0.25) is 4.79 Å². The molecule has 4 nitrogen and oxygen atoms in total. The number of allylic oxidation sites excluding steroid dienone is 1. The summed E-state index contributed by atoms with van der Waals surface area (Å²) < 4.78 is 0. The molecule has 0 aliphatic carbocycles. The first-order valence-corrected chi connectivity index (χ1v) is 2.39. The zero-order chi connectivity index (χ0) is 6.85. The van der Waals surface area contributed by atoms with E-state index in [4.69, 9.17) is 11.5 Å². The number of hydrogen-bond acceptors (Lipinski definition) is 4. The van der Waals surface area contributed by atoms with Crippen LogP contribution in [-0.2, 0) is 4.79 Å². The summed E-state index contributed by atoms with van der Waals surface area (Å²) in [7, 11) is 0. The standard InChI is InChI=1S/C5H6N3O/c6-4-3(9)1-2-8-5(4)7/h1-2H,6-7H2. The average Bonchev–Trinajstić information content (AvgIpc) is 1.83. The van der Waals surface area contributed by atoms with Crippen LogP contribution in [0.5, 0.6) is 0 Å². The van der Waals surface area contributed by atoms with Crippen molar-refractivity contribution in [3.05, 3.63) is 17.9 Å². The van der Waals surface area contributed by atoms with Crippen molar-refractivity contribution in [3.8, 4) is 0 Å². The van der Waals surface area contributed by atoms with E-state index < -0.39 is 0 Å².